The predicted octanol–water partition coefficient (Wildman–Crippen LogP) is 2.85. The summed E-state index contributed by atoms with van der Waals surface area (Å²) >= 11 is 0. The normalized spacial score (nSPS) is 27.0. The molecule has 2 aliphatic rings. The zero-order valence-electron chi connectivity index (χ0n) is 13.9. The molecule has 2 atom stereocenters. The number of para-hydroxylation sites is 1. The van der Waals surface area contributed by atoms with Gasteiger partial charge in [-0.3, -0.25) is 4.90 Å². The lowest BCUT2D eigenvalue weighted by atomic mass is 9.90. The molecular formula is C19H29NO3. The Morgan fingerprint density at radius 1 is 0.957 bits per heavy atom. The van der Waals surface area contributed by atoms with Crippen LogP contribution in [-0.2, 0) is 4.74 Å². The van der Waals surface area contributed by atoms with Crippen LogP contribution in [0.25, 0.3) is 0 Å². The first-order valence-corrected chi connectivity index (χ1v) is 9.04. The van der Waals surface area contributed by atoms with Gasteiger partial charge in [0.2, 0.25) is 0 Å². The van der Waals surface area contributed by atoms with Gasteiger partial charge in [-0.15, -0.1) is 0 Å². The van der Waals surface area contributed by atoms with Crippen LogP contribution in [-0.4, -0.2) is 54.6 Å². The fourth-order valence-corrected chi connectivity index (χ4v) is 3.78. The van der Waals surface area contributed by atoms with Crippen molar-refractivity contribution < 1.29 is 14.6 Å². The minimum Gasteiger partial charge on any atom is -0.491 e. The SMILES string of the molecule is OC1CCCCC1N1CCC(OCCOc2ccccc2)CC1. The summed E-state index contributed by atoms with van der Waals surface area (Å²) in [7, 11) is 0. The summed E-state index contributed by atoms with van der Waals surface area (Å²) in [5.41, 5.74) is 0. The maximum absolute atomic E-state index is 10.2. The highest BCUT2D eigenvalue weighted by Crippen LogP contribution is 2.26. The Labute approximate surface area is 139 Å². The molecule has 0 radical (unpaired) electrons. The molecule has 0 aromatic heterocycles. The molecule has 1 N–H and O–H groups in total. The van der Waals surface area contributed by atoms with Gasteiger partial charge in [0.05, 0.1) is 18.8 Å². The van der Waals surface area contributed by atoms with Gasteiger partial charge in [-0.2, -0.15) is 0 Å². The first-order chi connectivity index (χ1) is 11.3. The largest absolute Gasteiger partial charge is 0.491 e. The van der Waals surface area contributed by atoms with Gasteiger partial charge in [0.15, 0.2) is 0 Å². The Bertz CT molecular complexity index is 445. The molecule has 1 aromatic carbocycles. The van der Waals surface area contributed by atoms with Crippen molar-refractivity contribution in [3.8, 4) is 5.75 Å². The second kappa shape index (κ2) is 8.67. The number of ether oxygens (including phenoxy) is 2. The van der Waals surface area contributed by atoms with Crippen molar-refractivity contribution in [2.24, 2.45) is 0 Å². The second-order valence-corrected chi connectivity index (χ2v) is 6.69. The number of rotatable bonds is 6. The topological polar surface area (TPSA) is 41.9 Å². The minimum atomic E-state index is -0.125. The number of benzene rings is 1. The lowest BCUT2D eigenvalue weighted by molar-refractivity contribution is -0.0391. The third kappa shape index (κ3) is 4.93. The maximum atomic E-state index is 10.2. The summed E-state index contributed by atoms with van der Waals surface area (Å²) in [4.78, 5) is 2.48. The smallest absolute Gasteiger partial charge is 0.119 e. The number of likely N-dealkylation sites (tertiary alicyclic amines) is 1. The van der Waals surface area contributed by atoms with E-state index in [4.69, 9.17) is 9.47 Å². The summed E-state index contributed by atoms with van der Waals surface area (Å²) in [5, 5.41) is 10.2. The molecule has 1 aliphatic heterocycles. The average molecular weight is 319 g/mol. The summed E-state index contributed by atoms with van der Waals surface area (Å²) in [6, 6.07) is 10.3. The van der Waals surface area contributed by atoms with Crippen LogP contribution in [0.15, 0.2) is 30.3 Å². The minimum absolute atomic E-state index is 0.125. The number of aliphatic hydroxyl groups excluding tert-OH is 1. The third-order valence-electron chi connectivity index (χ3n) is 5.09. The number of hydrogen-bond acceptors (Lipinski definition) is 4. The van der Waals surface area contributed by atoms with E-state index in [2.05, 4.69) is 4.90 Å². The van der Waals surface area contributed by atoms with Crippen LogP contribution in [0.5, 0.6) is 5.75 Å². The molecule has 2 unspecified atom stereocenters. The van der Waals surface area contributed by atoms with Gasteiger partial charge in [-0.1, -0.05) is 31.0 Å². The van der Waals surface area contributed by atoms with Gasteiger partial charge in [0, 0.05) is 19.1 Å². The van der Waals surface area contributed by atoms with Gasteiger partial charge in [0.1, 0.15) is 12.4 Å². The molecule has 1 aliphatic carbocycles. The quantitative estimate of drug-likeness (QED) is 0.819. The van der Waals surface area contributed by atoms with E-state index in [1.807, 2.05) is 30.3 Å². The Morgan fingerprint density at radius 2 is 1.70 bits per heavy atom. The lowest BCUT2D eigenvalue weighted by Gasteiger charge is -2.41. The molecule has 3 rings (SSSR count). The molecule has 0 spiro atoms. The predicted molar refractivity (Wildman–Crippen MR) is 90.7 cm³/mol. The first-order valence-electron chi connectivity index (χ1n) is 9.04. The van der Waals surface area contributed by atoms with Gasteiger partial charge in [-0.05, 0) is 37.8 Å². The Balaban J connectivity index is 1.31. The van der Waals surface area contributed by atoms with E-state index in [1.54, 1.807) is 0 Å². The second-order valence-electron chi connectivity index (χ2n) is 6.69. The fourth-order valence-electron chi connectivity index (χ4n) is 3.78. The van der Waals surface area contributed by atoms with E-state index in [-0.39, 0.29) is 6.10 Å². The molecule has 1 heterocycles. The van der Waals surface area contributed by atoms with Crippen molar-refractivity contribution >= 4 is 0 Å². The summed E-state index contributed by atoms with van der Waals surface area (Å²) in [5.74, 6) is 0.900. The molecule has 1 saturated carbocycles. The lowest BCUT2D eigenvalue weighted by Crippen LogP contribution is -2.49. The van der Waals surface area contributed by atoms with Crippen LogP contribution < -0.4 is 4.74 Å². The van der Waals surface area contributed by atoms with Crippen LogP contribution in [0.2, 0.25) is 0 Å². The highest BCUT2D eigenvalue weighted by atomic mass is 16.5. The molecule has 1 saturated heterocycles. The molecule has 2 fully saturated rings. The standard InChI is InChI=1S/C19H29NO3/c21-19-9-5-4-8-18(19)20-12-10-17(11-13-20)23-15-14-22-16-6-2-1-3-7-16/h1-3,6-7,17-19,21H,4-5,8-15H2. The van der Waals surface area contributed by atoms with E-state index in [1.165, 1.54) is 12.8 Å². The van der Waals surface area contributed by atoms with Crippen LogP contribution in [0, 0.1) is 0 Å². The average Bonchev–Trinajstić information content (AvgIpc) is 2.61. The van der Waals surface area contributed by atoms with Crippen molar-refractivity contribution in [3.05, 3.63) is 30.3 Å². The van der Waals surface area contributed by atoms with E-state index in [9.17, 15) is 5.11 Å². The maximum Gasteiger partial charge on any atom is 0.119 e. The van der Waals surface area contributed by atoms with Gasteiger partial charge < -0.3 is 14.6 Å². The van der Waals surface area contributed by atoms with E-state index in [0.29, 0.717) is 25.4 Å². The Morgan fingerprint density at radius 3 is 2.43 bits per heavy atom. The number of nitrogens with zero attached hydrogens (tertiary/aromatic N) is 1. The van der Waals surface area contributed by atoms with Gasteiger partial charge in [0.25, 0.3) is 0 Å². The molecule has 4 heteroatoms. The zero-order chi connectivity index (χ0) is 15.9. The molecule has 128 valence electrons. The van der Waals surface area contributed by atoms with Crippen molar-refractivity contribution in [3.63, 3.8) is 0 Å². The van der Waals surface area contributed by atoms with Crippen LogP contribution >= 0.6 is 0 Å². The first kappa shape index (κ1) is 16.7. The number of hydrogen-bond donors (Lipinski definition) is 1. The van der Waals surface area contributed by atoms with Crippen molar-refractivity contribution in [1.29, 1.82) is 0 Å². The molecule has 23 heavy (non-hydrogen) atoms. The van der Waals surface area contributed by atoms with Gasteiger partial charge in [-0.25, -0.2) is 0 Å². The Kier molecular flexibility index (Phi) is 6.31. The third-order valence-corrected chi connectivity index (χ3v) is 5.09. The van der Waals surface area contributed by atoms with Crippen molar-refractivity contribution in [1.82, 2.24) is 4.90 Å². The molecule has 4 nitrogen and oxygen atoms in total. The van der Waals surface area contributed by atoms with E-state index in [0.717, 1.165) is 44.5 Å². The molecule has 0 bridgehead atoms. The number of piperidine rings is 1. The number of aliphatic hydroxyl groups is 1. The monoisotopic (exact) mass is 319 g/mol. The summed E-state index contributed by atoms with van der Waals surface area (Å²) in [6.07, 6.45) is 6.90. The molecule has 0 amide bonds. The van der Waals surface area contributed by atoms with E-state index < -0.39 is 0 Å². The van der Waals surface area contributed by atoms with Gasteiger partial charge >= 0.3 is 0 Å². The van der Waals surface area contributed by atoms with E-state index >= 15 is 0 Å². The van der Waals surface area contributed by atoms with Crippen LogP contribution in [0.1, 0.15) is 38.5 Å². The molecule has 1 aromatic rings. The van der Waals surface area contributed by atoms with Crippen molar-refractivity contribution in [2.45, 2.75) is 56.8 Å². The van der Waals surface area contributed by atoms with Crippen molar-refractivity contribution in [2.75, 3.05) is 26.3 Å². The summed E-state index contributed by atoms with van der Waals surface area (Å²) < 4.78 is 11.6. The highest BCUT2D eigenvalue weighted by molar-refractivity contribution is 5.20. The molecular weight excluding hydrogens is 290 g/mol. The van der Waals surface area contributed by atoms with Crippen LogP contribution in [0.3, 0.4) is 0 Å². The zero-order valence-corrected chi connectivity index (χ0v) is 13.9. The highest BCUT2D eigenvalue weighted by Gasteiger charge is 2.31. The van der Waals surface area contributed by atoms with Crippen LogP contribution in [0.4, 0.5) is 0 Å². The fraction of sp³-hybridized carbons (Fsp3) is 0.684. The Hall–Kier alpha value is -1.10. The summed E-state index contributed by atoms with van der Waals surface area (Å²) in [6.45, 7) is 3.34.